The second kappa shape index (κ2) is 9.17. The predicted octanol–water partition coefficient (Wildman–Crippen LogP) is 9.80. The molecule has 8 rings (SSSR count). The van der Waals surface area contributed by atoms with Crippen LogP contribution in [0.4, 0.5) is 0 Å². The van der Waals surface area contributed by atoms with Gasteiger partial charge in [0.1, 0.15) is 5.82 Å². The second-order valence-electron chi connectivity index (χ2n) is 10.9. The number of hydrogen-bond donors (Lipinski definition) is 1. The summed E-state index contributed by atoms with van der Waals surface area (Å²) < 4.78 is 2.38. The first-order valence-corrected chi connectivity index (χ1v) is 14.1. The quantitative estimate of drug-likeness (QED) is 0.247. The van der Waals surface area contributed by atoms with E-state index in [1.165, 1.54) is 21.5 Å². The fourth-order valence-corrected chi connectivity index (χ4v) is 6.32. The monoisotopic (exact) mass is 528 g/mol. The molecule has 0 fully saturated rings. The van der Waals surface area contributed by atoms with Crippen molar-refractivity contribution in [3.8, 4) is 33.8 Å². The third kappa shape index (κ3) is 3.68. The van der Waals surface area contributed by atoms with Gasteiger partial charge in [-0.3, -0.25) is 4.98 Å². The number of benzene rings is 5. The average Bonchev–Trinajstić information content (AvgIpc) is 3.60. The zero-order chi connectivity index (χ0) is 27.5. The highest BCUT2D eigenvalue weighted by atomic mass is 15.1. The first-order chi connectivity index (χ1) is 20.2. The second-order valence-corrected chi connectivity index (χ2v) is 10.9. The number of hydrogen-bond acceptors (Lipinski definition) is 2. The summed E-state index contributed by atoms with van der Waals surface area (Å²) in [5.41, 5.74) is 9.87. The van der Waals surface area contributed by atoms with Crippen molar-refractivity contribution in [3.05, 3.63) is 121 Å². The van der Waals surface area contributed by atoms with Crippen molar-refractivity contribution in [3.63, 3.8) is 0 Å². The number of rotatable bonds is 4. The highest BCUT2D eigenvalue weighted by Gasteiger charge is 2.21. The maximum absolute atomic E-state index is 5.44. The summed E-state index contributed by atoms with van der Waals surface area (Å²) in [6.07, 6.45) is 1.85. The molecule has 4 heteroatoms. The fraction of sp³-hybridized carbons (Fsp3) is 0.0811. The van der Waals surface area contributed by atoms with Crippen LogP contribution in [-0.2, 0) is 0 Å². The van der Waals surface area contributed by atoms with E-state index in [9.17, 15) is 0 Å². The predicted molar refractivity (Wildman–Crippen MR) is 171 cm³/mol. The Hall–Kier alpha value is -5.22. The Morgan fingerprint density at radius 3 is 2.27 bits per heavy atom. The number of fused-ring (bicyclic) bond motifs is 5. The number of pyridine rings is 1. The molecule has 4 nitrogen and oxygen atoms in total. The lowest BCUT2D eigenvalue weighted by atomic mass is 9.93. The molecular weight excluding hydrogens is 500 g/mol. The first-order valence-electron chi connectivity index (χ1n) is 14.1. The average molecular weight is 529 g/mol. The summed E-state index contributed by atoms with van der Waals surface area (Å²) in [4.78, 5) is 13.8. The summed E-state index contributed by atoms with van der Waals surface area (Å²) in [7, 11) is 0. The SMILES string of the molecule is CC(C)n1c(-c2cccc3c2[nH]c2ccccc23)nc2c(-c3cc(-c4ccccn4)cc4ccccc34)cccc21. The minimum Gasteiger partial charge on any atom is -0.354 e. The van der Waals surface area contributed by atoms with Gasteiger partial charge in [0.05, 0.1) is 22.2 Å². The van der Waals surface area contributed by atoms with Crippen molar-refractivity contribution in [1.82, 2.24) is 19.5 Å². The Balaban J connectivity index is 1.43. The van der Waals surface area contributed by atoms with Gasteiger partial charge in [0.25, 0.3) is 0 Å². The Morgan fingerprint density at radius 1 is 0.659 bits per heavy atom. The van der Waals surface area contributed by atoms with Gasteiger partial charge in [0, 0.05) is 45.2 Å². The summed E-state index contributed by atoms with van der Waals surface area (Å²) in [5, 5.41) is 4.84. The van der Waals surface area contributed by atoms with Crippen LogP contribution in [0.25, 0.3) is 77.4 Å². The Labute approximate surface area is 237 Å². The molecule has 0 unspecified atom stereocenters. The van der Waals surface area contributed by atoms with E-state index in [0.717, 1.165) is 55.8 Å². The number of para-hydroxylation sites is 3. The molecule has 0 radical (unpaired) electrons. The van der Waals surface area contributed by atoms with Gasteiger partial charge in [-0.2, -0.15) is 0 Å². The highest BCUT2D eigenvalue weighted by molar-refractivity contribution is 6.12. The van der Waals surface area contributed by atoms with Crippen molar-refractivity contribution >= 4 is 43.6 Å². The van der Waals surface area contributed by atoms with E-state index in [1.54, 1.807) is 0 Å². The minimum absolute atomic E-state index is 0.224. The van der Waals surface area contributed by atoms with Crippen molar-refractivity contribution in [1.29, 1.82) is 0 Å². The lowest BCUT2D eigenvalue weighted by molar-refractivity contribution is 0.624. The van der Waals surface area contributed by atoms with Crippen molar-refractivity contribution < 1.29 is 0 Å². The van der Waals surface area contributed by atoms with Gasteiger partial charge in [-0.15, -0.1) is 0 Å². The van der Waals surface area contributed by atoms with Crippen LogP contribution in [-0.4, -0.2) is 19.5 Å². The molecule has 0 spiro atoms. The lowest BCUT2D eigenvalue weighted by Gasteiger charge is -2.14. The van der Waals surface area contributed by atoms with Gasteiger partial charge in [-0.1, -0.05) is 72.8 Å². The van der Waals surface area contributed by atoms with E-state index < -0.39 is 0 Å². The fourth-order valence-electron chi connectivity index (χ4n) is 6.32. The first kappa shape index (κ1) is 23.6. The minimum atomic E-state index is 0.224. The largest absolute Gasteiger partial charge is 0.354 e. The normalized spacial score (nSPS) is 11.9. The summed E-state index contributed by atoms with van der Waals surface area (Å²) in [5.74, 6) is 0.977. The molecule has 0 aliphatic carbocycles. The third-order valence-corrected chi connectivity index (χ3v) is 8.13. The molecule has 1 N–H and O–H groups in total. The van der Waals surface area contributed by atoms with Gasteiger partial charge >= 0.3 is 0 Å². The van der Waals surface area contributed by atoms with Gasteiger partial charge in [0.2, 0.25) is 0 Å². The molecule has 3 heterocycles. The summed E-state index contributed by atoms with van der Waals surface area (Å²) in [6, 6.07) is 41.0. The van der Waals surface area contributed by atoms with Crippen LogP contribution in [0.2, 0.25) is 0 Å². The Bertz CT molecular complexity index is 2240. The molecule has 5 aromatic carbocycles. The molecule has 0 aliphatic heterocycles. The molecule has 0 saturated heterocycles. The van der Waals surface area contributed by atoms with Gasteiger partial charge < -0.3 is 9.55 Å². The maximum Gasteiger partial charge on any atom is 0.143 e. The molecule has 3 aromatic heterocycles. The number of imidazole rings is 1. The summed E-state index contributed by atoms with van der Waals surface area (Å²) in [6.45, 7) is 4.47. The van der Waals surface area contributed by atoms with Gasteiger partial charge in [0.15, 0.2) is 0 Å². The molecule has 0 bridgehead atoms. The molecule has 0 saturated carbocycles. The van der Waals surface area contributed by atoms with Crippen LogP contribution in [0, 0.1) is 0 Å². The van der Waals surface area contributed by atoms with Crippen LogP contribution in [0.5, 0.6) is 0 Å². The number of nitrogens with zero attached hydrogens (tertiary/aromatic N) is 3. The number of aromatic amines is 1. The highest BCUT2D eigenvalue weighted by Crippen LogP contribution is 2.40. The van der Waals surface area contributed by atoms with Crippen LogP contribution < -0.4 is 0 Å². The zero-order valence-corrected chi connectivity index (χ0v) is 23.0. The smallest absolute Gasteiger partial charge is 0.143 e. The Morgan fingerprint density at radius 2 is 1.41 bits per heavy atom. The van der Waals surface area contributed by atoms with Crippen LogP contribution in [0.1, 0.15) is 19.9 Å². The van der Waals surface area contributed by atoms with Crippen molar-refractivity contribution in [2.45, 2.75) is 19.9 Å². The van der Waals surface area contributed by atoms with E-state index in [2.05, 4.69) is 132 Å². The number of H-pyrrole nitrogens is 1. The molecule has 196 valence electrons. The summed E-state index contributed by atoms with van der Waals surface area (Å²) >= 11 is 0. The molecular formula is C37H28N4. The Kier molecular flexibility index (Phi) is 5.29. The van der Waals surface area contributed by atoms with Crippen LogP contribution in [0.3, 0.4) is 0 Å². The maximum atomic E-state index is 5.44. The number of aromatic nitrogens is 4. The van der Waals surface area contributed by atoms with Crippen LogP contribution in [0.15, 0.2) is 121 Å². The third-order valence-electron chi connectivity index (χ3n) is 8.13. The van der Waals surface area contributed by atoms with E-state index in [0.29, 0.717) is 0 Å². The molecule has 8 aromatic rings. The number of nitrogens with one attached hydrogen (secondary N) is 1. The van der Waals surface area contributed by atoms with E-state index in [4.69, 9.17) is 4.98 Å². The van der Waals surface area contributed by atoms with E-state index >= 15 is 0 Å². The zero-order valence-electron chi connectivity index (χ0n) is 23.0. The van der Waals surface area contributed by atoms with E-state index in [1.807, 2.05) is 18.3 Å². The van der Waals surface area contributed by atoms with Crippen molar-refractivity contribution in [2.24, 2.45) is 0 Å². The molecule has 0 amide bonds. The van der Waals surface area contributed by atoms with E-state index in [-0.39, 0.29) is 6.04 Å². The van der Waals surface area contributed by atoms with Crippen molar-refractivity contribution in [2.75, 3.05) is 0 Å². The van der Waals surface area contributed by atoms with Gasteiger partial charge in [-0.05, 0) is 72.6 Å². The topological polar surface area (TPSA) is 46.5 Å². The molecule has 41 heavy (non-hydrogen) atoms. The van der Waals surface area contributed by atoms with Gasteiger partial charge in [-0.25, -0.2) is 4.98 Å². The van der Waals surface area contributed by atoms with Crippen LogP contribution >= 0.6 is 0 Å². The molecule has 0 aliphatic rings. The molecule has 0 atom stereocenters. The lowest BCUT2D eigenvalue weighted by Crippen LogP contribution is -2.03. The standard InChI is InChI=1S/C37H28N4/c1-23(2)41-34-19-10-15-29(31-22-25(32-17-7-8-20-38-32)21-24-11-3-4-12-26(24)31)36(34)40-37(41)30-16-9-14-28-27-13-5-6-18-33(27)39-35(28)30/h3-23,39H,1-2H3.